The summed E-state index contributed by atoms with van der Waals surface area (Å²) in [5.41, 5.74) is 3.01. The van der Waals surface area contributed by atoms with Crippen LogP contribution in [0.15, 0.2) is 76.5 Å². The molecule has 24 heavy (non-hydrogen) atoms. The SMILES string of the molecule is COc1ccc(C(=O)c2ccc3c(c2)-c2ccccc2S3=O)cc1. The number of benzene rings is 3. The number of hydrogen-bond donors (Lipinski definition) is 0. The van der Waals surface area contributed by atoms with Gasteiger partial charge in [-0.05, 0) is 54.1 Å². The maximum atomic E-state index is 12.7. The second kappa shape index (κ2) is 5.73. The van der Waals surface area contributed by atoms with E-state index in [0.717, 1.165) is 20.9 Å². The van der Waals surface area contributed by atoms with E-state index in [2.05, 4.69) is 0 Å². The van der Waals surface area contributed by atoms with Gasteiger partial charge in [0.2, 0.25) is 0 Å². The van der Waals surface area contributed by atoms with Gasteiger partial charge in [0.15, 0.2) is 5.78 Å². The maximum Gasteiger partial charge on any atom is 0.193 e. The van der Waals surface area contributed by atoms with E-state index >= 15 is 0 Å². The van der Waals surface area contributed by atoms with Crippen molar-refractivity contribution in [1.82, 2.24) is 0 Å². The van der Waals surface area contributed by atoms with Gasteiger partial charge in [0.25, 0.3) is 0 Å². The van der Waals surface area contributed by atoms with Gasteiger partial charge >= 0.3 is 0 Å². The van der Waals surface area contributed by atoms with Gasteiger partial charge in [0, 0.05) is 16.7 Å². The quantitative estimate of drug-likeness (QED) is 0.530. The molecule has 0 radical (unpaired) electrons. The van der Waals surface area contributed by atoms with Crippen LogP contribution in [0.2, 0.25) is 0 Å². The Bertz CT molecular complexity index is 974. The second-order valence-corrected chi connectivity index (χ2v) is 6.95. The van der Waals surface area contributed by atoms with Crippen molar-refractivity contribution in [2.45, 2.75) is 9.79 Å². The molecular weight excluding hydrogens is 320 g/mol. The molecule has 0 spiro atoms. The summed E-state index contributed by atoms with van der Waals surface area (Å²) in [4.78, 5) is 14.3. The first-order chi connectivity index (χ1) is 11.7. The topological polar surface area (TPSA) is 43.4 Å². The highest BCUT2D eigenvalue weighted by Crippen LogP contribution is 2.41. The highest BCUT2D eigenvalue weighted by Gasteiger charge is 2.26. The third kappa shape index (κ3) is 2.27. The van der Waals surface area contributed by atoms with Gasteiger partial charge in [-0.1, -0.05) is 18.2 Å². The summed E-state index contributed by atoms with van der Waals surface area (Å²) in [5, 5.41) is 0. The van der Waals surface area contributed by atoms with E-state index in [-0.39, 0.29) is 5.78 Å². The standard InChI is InChI=1S/C20H14O3S/c1-23-15-9-6-13(7-10-15)20(21)14-8-11-19-17(12-14)16-4-2-3-5-18(16)24(19)22/h2-12H,1H3. The molecule has 1 aliphatic rings. The van der Waals surface area contributed by atoms with Crippen LogP contribution < -0.4 is 4.74 Å². The summed E-state index contributed by atoms with van der Waals surface area (Å²) in [6.45, 7) is 0. The van der Waals surface area contributed by atoms with Crippen LogP contribution in [0.3, 0.4) is 0 Å². The van der Waals surface area contributed by atoms with Gasteiger partial charge in [-0.15, -0.1) is 0 Å². The van der Waals surface area contributed by atoms with Crippen LogP contribution >= 0.6 is 0 Å². The molecule has 3 nitrogen and oxygen atoms in total. The smallest absolute Gasteiger partial charge is 0.193 e. The summed E-state index contributed by atoms with van der Waals surface area (Å²) in [7, 11) is 0.421. The second-order valence-electron chi connectivity index (χ2n) is 5.53. The maximum absolute atomic E-state index is 12.7. The van der Waals surface area contributed by atoms with E-state index in [1.807, 2.05) is 30.3 Å². The largest absolute Gasteiger partial charge is 0.497 e. The summed E-state index contributed by atoms with van der Waals surface area (Å²) in [6.07, 6.45) is 0. The molecule has 1 heterocycles. The monoisotopic (exact) mass is 334 g/mol. The Kier molecular flexibility index (Phi) is 3.54. The Hall–Kier alpha value is -2.72. The van der Waals surface area contributed by atoms with E-state index < -0.39 is 10.8 Å². The summed E-state index contributed by atoms with van der Waals surface area (Å²) >= 11 is 0. The van der Waals surface area contributed by atoms with Crippen molar-refractivity contribution in [3.63, 3.8) is 0 Å². The Morgan fingerprint density at radius 3 is 2.25 bits per heavy atom. The molecule has 0 aromatic heterocycles. The molecule has 1 unspecified atom stereocenters. The molecule has 4 rings (SSSR count). The van der Waals surface area contributed by atoms with Crippen LogP contribution in [-0.4, -0.2) is 17.1 Å². The van der Waals surface area contributed by atoms with Crippen LogP contribution in [0.25, 0.3) is 11.1 Å². The van der Waals surface area contributed by atoms with E-state index in [1.165, 1.54) is 0 Å². The molecule has 0 fully saturated rings. The lowest BCUT2D eigenvalue weighted by atomic mass is 9.98. The summed E-state index contributed by atoms with van der Waals surface area (Å²) in [6, 6.07) is 20.0. The van der Waals surface area contributed by atoms with Crippen molar-refractivity contribution in [3.05, 3.63) is 77.9 Å². The molecule has 0 amide bonds. The molecule has 1 atom stereocenters. The van der Waals surface area contributed by atoms with Crippen molar-refractivity contribution in [1.29, 1.82) is 0 Å². The third-order valence-electron chi connectivity index (χ3n) is 4.17. The summed E-state index contributed by atoms with van der Waals surface area (Å²) in [5.74, 6) is 0.653. The minimum atomic E-state index is -1.17. The highest BCUT2D eigenvalue weighted by molar-refractivity contribution is 7.85. The van der Waals surface area contributed by atoms with E-state index in [9.17, 15) is 9.00 Å². The lowest BCUT2D eigenvalue weighted by molar-refractivity contribution is 0.103. The number of carbonyl (C=O) groups excluding carboxylic acids is 1. The Morgan fingerprint density at radius 2 is 1.50 bits per heavy atom. The van der Waals surface area contributed by atoms with Gasteiger partial charge in [0.05, 0.1) is 27.7 Å². The molecule has 3 aromatic rings. The number of ether oxygens (including phenoxy) is 1. The number of carbonyl (C=O) groups is 1. The minimum absolute atomic E-state index is 0.0596. The zero-order valence-corrected chi connectivity index (χ0v) is 13.8. The van der Waals surface area contributed by atoms with Crippen molar-refractivity contribution >= 4 is 16.6 Å². The number of methoxy groups -OCH3 is 1. The normalized spacial score (nSPS) is 14.8. The number of fused-ring (bicyclic) bond motifs is 3. The zero-order valence-electron chi connectivity index (χ0n) is 13.0. The van der Waals surface area contributed by atoms with Crippen molar-refractivity contribution < 1.29 is 13.7 Å². The number of ketones is 1. The lowest BCUT2D eigenvalue weighted by Crippen LogP contribution is -2.01. The van der Waals surface area contributed by atoms with E-state index in [0.29, 0.717) is 16.9 Å². The Balaban J connectivity index is 1.77. The van der Waals surface area contributed by atoms with Crippen LogP contribution in [0.5, 0.6) is 5.75 Å². The molecule has 118 valence electrons. The van der Waals surface area contributed by atoms with Gasteiger partial charge < -0.3 is 4.74 Å². The number of hydrogen-bond acceptors (Lipinski definition) is 3. The first-order valence-corrected chi connectivity index (χ1v) is 8.68. The van der Waals surface area contributed by atoms with Crippen molar-refractivity contribution in [2.75, 3.05) is 7.11 Å². The fraction of sp³-hybridized carbons (Fsp3) is 0.0500. The number of rotatable bonds is 3. The zero-order chi connectivity index (χ0) is 16.7. The van der Waals surface area contributed by atoms with E-state index in [1.54, 1.807) is 43.5 Å². The molecule has 0 bridgehead atoms. The van der Waals surface area contributed by atoms with Crippen LogP contribution in [0.4, 0.5) is 0 Å². The van der Waals surface area contributed by atoms with Crippen molar-refractivity contribution in [3.8, 4) is 16.9 Å². The molecular formula is C20H14O3S. The fourth-order valence-corrected chi connectivity index (χ4v) is 4.30. The average Bonchev–Trinajstić information content (AvgIpc) is 2.94. The van der Waals surface area contributed by atoms with Crippen LogP contribution in [0, 0.1) is 0 Å². The third-order valence-corrected chi connectivity index (χ3v) is 5.68. The minimum Gasteiger partial charge on any atom is -0.497 e. The van der Waals surface area contributed by atoms with Gasteiger partial charge in [-0.25, -0.2) is 4.21 Å². The molecule has 0 aliphatic carbocycles. The first kappa shape index (κ1) is 14.8. The van der Waals surface area contributed by atoms with Crippen LogP contribution in [0.1, 0.15) is 15.9 Å². The van der Waals surface area contributed by atoms with Crippen molar-refractivity contribution in [2.24, 2.45) is 0 Å². The predicted octanol–water partition coefficient (Wildman–Crippen LogP) is 4.07. The molecule has 0 N–H and O–H groups in total. The molecule has 0 saturated heterocycles. The van der Waals surface area contributed by atoms with Gasteiger partial charge in [0.1, 0.15) is 5.75 Å². The lowest BCUT2D eigenvalue weighted by Gasteiger charge is -2.06. The molecule has 0 saturated carbocycles. The Labute approximate surface area is 142 Å². The van der Waals surface area contributed by atoms with Gasteiger partial charge in [-0.3, -0.25) is 4.79 Å². The average molecular weight is 334 g/mol. The van der Waals surface area contributed by atoms with Gasteiger partial charge in [-0.2, -0.15) is 0 Å². The molecule has 3 aromatic carbocycles. The first-order valence-electron chi connectivity index (χ1n) is 7.53. The Morgan fingerprint density at radius 1 is 0.833 bits per heavy atom. The molecule has 1 aliphatic heterocycles. The fourth-order valence-electron chi connectivity index (χ4n) is 2.92. The molecule has 4 heteroatoms. The predicted molar refractivity (Wildman–Crippen MR) is 93.0 cm³/mol. The van der Waals surface area contributed by atoms with E-state index in [4.69, 9.17) is 4.74 Å². The summed E-state index contributed by atoms with van der Waals surface area (Å²) < 4.78 is 17.6. The van der Waals surface area contributed by atoms with Crippen LogP contribution in [-0.2, 0) is 10.8 Å². The highest BCUT2D eigenvalue weighted by atomic mass is 32.2.